The van der Waals surface area contributed by atoms with Gasteiger partial charge in [0.15, 0.2) is 11.0 Å². The van der Waals surface area contributed by atoms with Crippen molar-refractivity contribution in [3.8, 4) is 0 Å². The Bertz CT molecular complexity index is 384. The summed E-state index contributed by atoms with van der Waals surface area (Å²) in [6.07, 6.45) is 0.311. The number of carbonyl (C=O) groups is 3. The van der Waals surface area contributed by atoms with Crippen molar-refractivity contribution in [2.75, 3.05) is 0 Å². The van der Waals surface area contributed by atoms with Gasteiger partial charge < -0.3 is 14.7 Å². The third-order valence-corrected chi connectivity index (χ3v) is 4.11. The molecule has 0 radical (unpaired) electrons. The molecular formula is C9H11NO5S. The van der Waals surface area contributed by atoms with Gasteiger partial charge in [0.2, 0.25) is 5.91 Å². The number of esters is 1. The van der Waals surface area contributed by atoms with Crippen LogP contribution in [0.5, 0.6) is 0 Å². The second-order valence-electron chi connectivity index (χ2n) is 3.93. The van der Waals surface area contributed by atoms with E-state index < -0.39 is 22.9 Å². The van der Waals surface area contributed by atoms with Gasteiger partial charge in [-0.15, -0.1) is 0 Å². The van der Waals surface area contributed by atoms with Crippen molar-refractivity contribution in [3.63, 3.8) is 0 Å². The number of hydrogen-bond donors (Lipinski definition) is 1. The lowest BCUT2D eigenvalue weighted by Gasteiger charge is -2.36. The number of aliphatic carboxylic acids is 1. The molecule has 2 rings (SSSR count). The zero-order valence-corrected chi connectivity index (χ0v) is 9.61. The molecular weight excluding hydrogens is 234 g/mol. The molecule has 2 fully saturated rings. The highest BCUT2D eigenvalue weighted by molar-refractivity contribution is 8.01. The van der Waals surface area contributed by atoms with E-state index >= 15 is 0 Å². The first-order chi connectivity index (χ1) is 7.35. The third kappa shape index (κ3) is 1.46. The highest BCUT2D eigenvalue weighted by Crippen LogP contribution is 2.51. The summed E-state index contributed by atoms with van der Waals surface area (Å²) in [6.45, 7) is 2.76. The van der Waals surface area contributed by atoms with Crippen LogP contribution in [0.3, 0.4) is 0 Å². The van der Waals surface area contributed by atoms with E-state index in [9.17, 15) is 14.4 Å². The van der Waals surface area contributed by atoms with Crippen molar-refractivity contribution >= 4 is 29.6 Å². The second kappa shape index (κ2) is 3.38. The summed E-state index contributed by atoms with van der Waals surface area (Å²) in [4.78, 5) is 33.5. The van der Waals surface area contributed by atoms with Gasteiger partial charge in [0, 0.05) is 6.92 Å². The van der Waals surface area contributed by atoms with Crippen molar-refractivity contribution in [1.29, 1.82) is 0 Å². The first-order valence-electron chi connectivity index (χ1n) is 4.76. The topological polar surface area (TPSA) is 83.9 Å². The summed E-state index contributed by atoms with van der Waals surface area (Å²) in [6, 6.07) is -1.09. The number of hydrogen-bond acceptors (Lipinski definition) is 5. The van der Waals surface area contributed by atoms with Crippen LogP contribution in [0.1, 0.15) is 20.3 Å². The molecule has 0 saturated carbocycles. The molecule has 0 spiro atoms. The molecule has 2 heterocycles. The minimum atomic E-state index is -1.19. The molecule has 0 bridgehead atoms. The molecule has 16 heavy (non-hydrogen) atoms. The van der Waals surface area contributed by atoms with Crippen LogP contribution in [-0.4, -0.2) is 44.2 Å². The number of rotatable bonds is 2. The van der Waals surface area contributed by atoms with E-state index in [1.54, 1.807) is 0 Å². The van der Waals surface area contributed by atoms with Gasteiger partial charge in [0.05, 0.1) is 11.8 Å². The fraction of sp³-hybridized carbons (Fsp3) is 0.667. The lowest BCUT2D eigenvalue weighted by molar-refractivity contribution is -0.168. The number of amides is 1. The summed E-state index contributed by atoms with van der Waals surface area (Å²) in [5.41, 5.74) is 0. The maximum absolute atomic E-state index is 11.3. The standard InChI is InChI=1S/C9H11NO5S/c1-4(11)15-9(2)7(8(13)14)10-5(12)3-6(10)16-9/h6-7H,3H2,1-2H3,(H,13,14). The lowest BCUT2D eigenvalue weighted by Crippen LogP contribution is -2.58. The number of β-lactam (4-membered cyclic amide) rings is 1. The molecule has 1 N–H and O–H groups in total. The first-order valence-corrected chi connectivity index (χ1v) is 5.64. The van der Waals surface area contributed by atoms with E-state index in [0.29, 0.717) is 6.42 Å². The molecule has 0 aromatic heterocycles. The number of ether oxygens (including phenoxy) is 1. The predicted molar refractivity (Wildman–Crippen MR) is 54.4 cm³/mol. The molecule has 3 unspecified atom stereocenters. The van der Waals surface area contributed by atoms with Gasteiger partial charge in [-0.05, 0) is 6.92 Å². The quantitative estimate of drug-likeness (QED) is 0.545. The Morgan fingerprint density at radius 3 is 2.69 bits per heavy atom. The van der Waals surface area contributed by atoms with Crippen molar-refractivity contribution in [3.05, 3.63) is 0 Å². The summed E-state index contributed by atoms with van der Waals surface area (Å²) in [5.74, 6) is -1.90. The Morgan fingerprint density at radius 1 is 1.62 bits per heavy atom. The second-order valence-corrected chi connectivity index (χ2v) is 5.52. The number of nitrogens with zero attached hydrogens (tertiary/aromatic N) is 1. The molecule has 2 aliphatic heterocycles. The highest BCUT2D eigenvalue weighted by atomic mass is 32.2. The molecule has 1 amide bonds. The zero-order chi connectivity index (χ0) is 12.1. The maximum atomic E-state index is 11.3. The minimum Gasteiger partial charge on any atom is -0.480 e. The van der Waals surface area contributed by atoms with Crippen molar-refractivity contribution in [1.82, 2.24) is 4.90 Å². The van der Waals surface area contributed by atoms with Gasteiger partial charge in [-0.25, -0.2) is 4.79 Å². The Balaban J connectivity index is 2.28. The largest absolute Gasteiger partial charge is 0.480 e. The SMILES string of the molecule is CC(=O)OC1(C)SC2CC(=O)N2C1C(=O)O. The minimum absolute atomic E-state index is 0.182. The number of carbonyl (C=O) groups excluding carboxylic acids is 2. The molecule has 7 heteroatoms. The number of fused-ring (bicyclic) bond motifs is 1. The van der Waals surface area contributed by atoms with Crippen LogP contribution in [0.2, 0.25) is 0 Å². The van der Waals surface area contributed by atoms with E-state index in [-0.39, 0.29) is 11.3 Å². The van der Waals surface area contributed by atoms with Crippen LogP contribution in [0.25, 0.3) is 0 Å². The van der Waals surface area contributed by atoms with Gasteiger partial charge >= 0.3 is 11.9 Å². The van der Waals surface area contributed by atoms with Gasteiger partial charge in [0.1, 0.15) is 0 Å². The van der Waals surface area contributed by atoms with E-state index in [1.165, 1.54) is 30.5 Å². The van der Waals surface area contributed by atoms with E-state index in [1.807, 2.05) is 0 Å². The smallest absolute Gasteiger partial charge is 0.331 e. The molecule has 88 valence electrons. The Morgan fingerprint density at radius 2 is 2.25 bits per heavy atom. The van der Waals surface area contributed by atoms with E-state index in [4.69, 9.17) is 9.84 Å². The molecule has 2 saturated heterocycles. The predicted octanol–water partition coefficient (Wildman–Crippen LogP) is 0.0241. The molecule has 0 aliphatic carbocycles. The van der Waals surface area contributed by atoms with Gasteiger partial charge in [-0.2, -0.15) is 0 Å². The fourth-order valence-electron chi connectivity index (χ4n) is 2.11. The molecule has 3 atom stereocenters. The van der Waals surface area contributed by atoms with Crippen LogP contribution < -0.4 is 0 Å². The van der Waals surface area contributed by atoms with Crippen molar-refractivity contribution < 1.29 is 24.2 Å². The van der Waals surface area contributed by atoms with Crippen LogP contribution in [0.4, 0.5) is 0 Å². The normalized spacial score (nSPS) is 36.6. The summed E-state index contributed by atoms with van der Waals surface area (Å²) >= 11 is 1.21. The number of carboxylic acids is 1. The van der Waals surface area contributed by atoms with Crippen molar-refractivity contribution in [2.45, 2.75) is 36.6 Å². The number of thioether (sulfide) groups is 1. The fourth-order valence-corrected chi connectivity index (χ4v) is 3.73. The average Bonchev–Trinajstić information content (AvgIpc) is 2.33. The molecule has 0 aromatic rings. The molecule has 6 nitrogen and oxygen atoms in total. The summed E-state index contributed by atoms with van der Waals surface area (Å²) < 4.78 is 5.05. The lowest BCUT2D eigenvalue weighted by atomic mass is 10.1. The maximum Gasteiger partial charge on any atom is 0.331 e. The monoisotopic (exact) mass is 245 g/mol. The van der Waals surface area contributed by atoms with Gasteiger partial charge in [-0.3, -0.25) is 9.59 Å². The van der Waals surface area contributed by atoms with Crippen LogP contribution in [0, 0.1) is 0 Å². The average molecular weight is 245 g/mol. The zero-order valence-electron chi connectivity index (χ0n) is 8.80. The number of carboxylic acid groups (broad SMARTS) is 1. The Hall–Kier alpha value is -1.24. The van der Waals surface area contributed by atoms with Crippen molar-refractivity contribution in [2.24, 2.45) is 0 Å². The summed E-state index contributed by atoms with van der Waals surface area (Å²) in [5, 5.41) is 8.92. The molecule has 2 aliphatic rings. The van der Waals surface area contributed by atoms with Crippen LogP contribution >= 0.6 is 11.8 Å². The molecule has 0 aromatic carbocycles. The van der Waals surface area contributed by atoms with E-state index in [0.717, 1.165) is 0 Å². The Kier molecular flexibility index (Phi) is 2.37. The first kappa shape index (κ1) is 11.3. The highest BCUT2D eigenvalue weighted by Gasteiger charge is 2.62. The van der Waals surface area contributed by atoms with Gasteiger partial charge in [0.25, 0.3) is 0 Å². The third-order valence-electron chi connectivity index (χ3n) is 2.67. The van der Waals surface area contributed by atoms with E-state index in [2.05, 4.69) is 0 Å². The Labute approximate surface area is 95.9 Å². The summed E-state index contributed by atoms with van der Waals surface area (Å²) in [7, 11) is 0. The van der Waals surface area contributed by atoms with Gasteiger partial charge in [-0.1, -0.05) is 11.8 Å². The van der Waals surface area contributed by atoms with Crippen LogP contribution in [0.15, 0.2) is 0 Å². The van der Waals surface area contributed by atoms with Crippen LogP contribution in [-0.2, 0) is 19.1 Å².